The summed E-state index contributed by atoms with van der Waals surface area (Å²) in [6.45, 7) is 13.8. The number of benzene rings is 2. The maximum Gasteiger partial charge on any atom is 0.243 e. The number of rotatable bonds is 8. The molecule has 1 aliphatic heterocycles. The van der Waals surface area contributed by atoms with Gasteiger partial charge in [0.05, 0.1) is 4.90 Å². The van der Waals surface area contributed by atoms with Crippen molar-refractivity contribution >= 4 is 10.0 Å². The fourth-order valence-electron chi connectivity index (χ4n) is 4.61. The zero-order valence-electron chi connectivity index (χ0n) is 19.2. The van der Waals surface area contributed by atoms with Crippen LogP contribution in [0.4, 0.5) is 0 Å². The number of hydrogen-bond acceptors (Lipinski definition) is 3. The van der Waals surface area contributed by atoms with Gasteiger partial charge in [0.2, 0.25) is 10.0 Å². The van der Waals surface area contributed by atoms with Crippen molar-refractivity contribution in [1.29, 1.82) is 0 Å². The van der Waals surface area contributed by atoms with Gasteiger partial charge in [0, 0.05) is 25.2 Å². The van der Waals surface area contributed by atoms with Crippen LogP contribution < -0.4 is 5.32 Å². The minimum Gasteiger partial charge on any atom is -0.308 e. The second kappa shape index (κ2) is 10.1. The zero-order chi connectivity index (χ0) is 22.6. The lowest BCUT2D eigenvalue weighted by molar-refractivity contribution is 0.136. The van der Waals surface area contributed by atoms with Crippen molar-refractivity contribution in [1.82, 2.24) is 9.62 Å². The van der Waals surface area contributed by atoms with E-state index in [4.69, 9.17) is 0 Å². The molecule has 0 aliphatic carbocycles. The van der Waals surface area contributed by atoms with Crippen LogP contribution in [-0.4, -0.2) is 31.4 Å². The monoisotopic (exact) mass is 440 g/mol. The lowest BCUT2D eigenvalue weighted by Crippen LogP contribution is -2.60. The molecule has 0 unspecified atom stereocenters. The third kappa shape index (κ3) is 5.65. The van der Waals surface area contributed by atoms with Crippen molar-refractivity contribution in [2.24, 2.45) is 11.8 Å². The Hall–Kier alpha value is -1.95. The largest absolute Gasteiger partial charge is 0.308 e. The Kier molecular flexibility index (Phi) is 7.73. The molecule has 0 saturated carbocycles. The summed E-state index contributed by atoms with van der Waals surface area (Å²) in [6.07, 6.45) is 1.59. The predicted octanol–water partition coefficient (Wildman–Crippen LogP) is 5.15. The van der Waals surface area contributed by atoms with Crippen LogP contribution >= 0.6 is 0 Å². The number of piperidine rings is 1. The van der Waals surface area contributed by atoms with Crippen molar-refractivity contribution in [2.75, 3.05) is 6.54 Å². The molecule has 31 heavy (non-hydrogen) atoms. The van der Waals surface area contributed by atoms with Crippen LogP contribution in [0.5, 0.6) is 0 Å². The molecular weight excluding hydrogens is 404 g/mol. The first-order valence-electron chi connectivity index (χ1n) is 11.2. The van der Waals surface area contributed by atoms with E-state index in [-0.39, 0.29) is 18.0 Å². The van der Waals surface area contributed by atoms with Crippen LogP contribution in [0.25, 0.3) is 0 Å². The van der Waals surface area contributed by atoms with Crippen molar-refractivity contribution in [3.05, 3.63) is 77.9 Å². The van der Waals surface area contributed by atoms with Crippen LogP contribution in [0.15, 0.2) is 71.6 Å². The van der Waals surface area contributed by atoms with Gasteiger partial charge in [-0.25, -0.2) is 8.42 Å². The first-order chi connectivity index (χ1) is 14.7. The molecule has 2 aromatic carbocycles. The van der Waals surface area contributed by atoms with Crippen LogP contribution in [0.1, 0.15) is 44.7 Å². The molecule has 5 heteroatoms. The van der Waals surface area contributed by atoms with Crippen molar-refractivity contribution in [3.63, 3.8) is 0 Å². The molecule has 1 fully saturated rings. The van der Waals surface area contributed by atoms with E-state index in [1.807, 2.05) is 37.3 Å². The summed E-state index contributed by atoms with van der Waals surface area (Å²) in [7, 11) is -3.57. The maximum absolute atomic E-state index is 13.7. The Labute approximate surface area is 188 Å². The highest BCUT2D eigenvalue weighted by molar-refractivity contribution is 7.89. The molecule has 1 aliphatic rings. The molecule has 1 heterocycles. The maximum atomic E-state index is 13.7. The topological polar surface area (TPSA) is 49.4 Å². The third-order valence-corrected chi connectivity index (χ3v) is 8.18. The fraction of sp³-hybridized carbons (Fsp3) is 0.462. The first kappa shape index (κ1) is 23.7. The zero-order valence-corrected chi connectivity index (χ0v) is 20.0. The summed E-state index contributed by atoms with van der Waals surface area (Å²) in [6, 6.07) is 17.4. The van der Waals surface area contributed by atoms with E-state index in [0.29, 0.717) is 23.9 Å². The van der Waals surface area contributed by atoms with Gasteiger partial charge < -0.3 is 5.32 Å². The molecule has 3 atom stereocenters. The number of hydrogen-bond donors (Lipinski definition) is 1. The summed E-state index contributed by atoms with van der Waals surface area (Å²) < 4.78 is 29.1. The van der Waals surface area contributed by atoms with Gasteiger partial charge in [-0.1, -0.05) is 74.0 Å². The second-order valence-electron chi connectivity index (χ2n) is 9.26. The summed E-state index contributed by atoms with van der Waals surface area (Å²) in [5.41, 5.74) is 3.37. The van der Waals surface area contributed by atoms with Gasteiger partial charge in [0.1, 0.15) is 0 Å². The molecule has 1 N–H and O–H groups in total. The minimum absolute atomic E-state index is 0.0223. The highest BCUT2D eigenvalue weighted by Gasteiger charge is 2.43. The second-order valence-corrected chi connectivity index (χ2v) is 11.2. The molecule has 0 spiro atoms. The Morgan fingerprint density at radius 3 is 2.35 bits per heavy atom. The molecule has 4 nitrogen and oxygen atoms in total. The Balaban J connectivity index is 1.95. The van der Waals surface area contributed by atoms with Gasteiger partial charge in [-0.2, -0.15) is 4.31 Å². The van der Waals surface area contributed by atoms with Gasteiger partial charge >= 0.3 is 0 Å². The van der Waals surface area contributed by atoms with Gasteiger partial charge in [0.25, 0.3) is 0 Å². The van der Waals surface area contributed by atoms with E-state index in [1.54, 1.807) is 16.4 Å². The van der Waals surface area contributed by atoms with Crippen LogP contribution in [-0.2, 0) is 16.6 Å². The molecule has 0 bridgehead atoms. The van der Waals surface area contributed by atoms with Crippen molar-refractivity contribution in [2.45, 2.75) is 64.1 Å². The van der Waals surface area contributed by atoms with Gasteiger partial charge in [-0.05, 0) is 56.2 Å². The Bertz CT molecular complexity index is 968. The Morgan fingerprint density at radius 2 is 1.77 bits per heavy atom. The smallest absolute Gasteiger partial charge is 0.243 e. The highest BCUT2D eigenvalue weighted by Crippen LogP contribution is 2.35. The lowest BCUT2D eigenvalue weighted by atomic mass is 9.79. The molecule has 0 aromatic heterocycles. The van der Waals surface area contributed by atoms with Crippen molar-refractivity contribution < 1.29 is 8.42 Å². The van der Waals surface area contributed by atoms with Crippen LogP contribution in [0, 0.1) is 18.8 Å². The molecule has 168 valence electrons. The third-order valence-electron chi connectivity index (χ3n) is 6.24. The van der Waals surface area contributed by atoms with Gasteiger partial charge in [0.15, 0.2) is 0 Å². The van der Waals surface area contributed by atoms with E-state index < -0.39 is 10.0 Å². The van der Waals surface area contributed by atoms with E-state index in [9.17, 15) is 8.42 Å². The standard InChI is InChI=1S/C26H36N2O2S/c1-19(2)17-25-26(27-18-22-9-7-6-8-10-22)24(20(3)4)15-16-28(25)31(29,30)23-13-11-21(5)12-14-23/h6-14,19,24-27H,3,15-18H2,1-2,4-5H3/t24-,25-,26+/m1/s1. The predicted molar refractivity (Wildman–Crippen MR) is 128 cm³/mol. The number of nitrogens with one attached hydrogen (secondary N) is 1. The van der Waals surface area contributed by atoms with E-state index in [1.165, 1.54) is 5.56 Å². The van der Waals surface area contributed by atoms with Crippen molar-refractivity contribution in [3.8, 4) is 0 Å². The summed E-state index contributed by atoms with van der Waals surface area (Å²) in [4.78, 5) is 0.377. The molecule has 1 saturated heterocycles. The molecule has 2 aromatic rings. The lowest BCUT2D eigenvalue weighted by Gasteiger charge is -2.46. The Morgan fingerprint density at radius 1 is 1.13 bits per heavy atom. The summed E-state index contributed by atoms with van der Waals surface area (Å²) in [5.74, 6) is 0.627. The van der Waals surface area contributed by atoms with Gasteiger partial charge in [-0.15, -0.1) is 0 Å². The average Bonchev–Trinajstić information content (AvgIpc) is 2.73. The van der Waals surface area contributed by atoms with E-state index >= 15 is 0 Å². The normalized spacial score (nSPS) is 22.5. The molecular formula is C26H36N2O2S. The molecule has 0 amide bonds. The molecule has 0 radical (unpaired) electrons. The highest BCUT2D eigenvalue weighted by atomic mass is 32.2. The number of nitrogens with zero attached hydrogens (tertiary/aromatic N) is 1. The summed E-state index contributed by atoms with van der Waals surface area (Å²) >= 11 is 0. The molecule has 3 rings (SSSR count). The SMILES string of the molecule is C=C(C)[C@H]1CCN(S(=O)(=O)c2ccc(C)cc2)[C@H](CC(C)C)[C@H]1NCc1ccccc1. The van der Waals surface area contributed by atoms with Crippen LogP contribution in [0.2, 0.25) is 0 Å². The van der Waals surface area contributed by atoms with Gasteiger partial charge in [-0.3, -0.25) is 0 Å². The number of sulfonamides is 1. The van der Waals surface area contributed by atoms with E-state index in [0.717, 1.165) is 24.0 Å². The van der Waals surface area contributed by atoms with Crippen LogP contribution in [0.3, 0.4) is 0 Å². The average molecular weight is 441 g/mol. The number of aryl methyl sites for hydroxylation is 1. The quantitative estimate of drug-likeness (QED) is 0.577. The first-order valence-corrected chi connectivity index (χ1v) is 12.7. The van der Waals surface area contributed by atoms with E-state index in [2.05, 4.69) is 44.8 Å². The fourth-order valence-corrected chi connectivity index (χ4v) is 6.28. The minimum atomic E-state index is -3.57. The summed E-state index contributed by atoms with van der Waals surface area (Å²) in [5, 5.41) is 3.72.